The first kappa shape index (κ1) is 18.5. The zero-order valence-corrected chi connectivity index (χ0v) is 15.3. The molecule has 1 aliphatic carbocycles. The SMILES string of the molecule is CC(=O)CC(OC1(C(=O)c2ccccc2)CCCCC1)c1ccccc1. The fourth-order valence-electron chi connectivity index (χ4n) is 3.80. The molecule has 0 amide bonds. The fourth-order valence-corrected chi connectivity index (χ4v) is 3.80. The van der Waals surface area contributed by atoms with Crippen LogP contribution in [-0.4, -0.2) is 17.2 Å². The van der Waals surface area contributed by atoms with Crippen molar-refractivity contribution in [2.45, 2.75) is 57.2 Å². The summed E-state index contributed by atoms with van der Waals surface area (Å²) in [5.41, 5.74) is 0.799. The fraction of sp³-hybridized carbons (Fsp3) is 0.391. The lowest BCUT2D eigenvalue weighted by Crippen LogP contribution is -2.44. The van der Waals surface area contributed by atoms with E-state index in [9.17, 15) is 9.59 Å². The molecule has 136 valence electrons. The van der Waals surface area contributed by atoms with Crippen molar-refractivity contribution in [3.05, 3.63) is 71.8 Å². The van der Waals surface area contributed by atoms with E-state index in [1.54, 1.807) is 6.92 Å². The number of hydrogen-bond acceptors (Lipinski definition) is 3. The quantitative estimate of drug-likeness (QED) is 0.636. The molecular formula is C23H26O3. The molecular weight excluding hydrogens is 324 g/mol. The van der Waals surface area contributed by atoms with Gasteiger partial charge in [-0.05, 0) is 25.3 Å². The molecule has 0 heterocycles. The number of carbonyl (C=O) groups excluding carboxylic acids is 2. The van der Waals surface area contributed by atoms with Gasteiger partial charge in [0.05, 0.1) is 6.10 Å². The third-order valence-electron chi connectivity index (χ3n) is 5.12. The molecule has 3 nitrogen and oxygen atoms in total. The first-order valence-corrected chi connectivity index (χ1v) is 9.43. The molecule has 0 aliphatic heterocycles. The zero-order valence-electron chi connectivity index (χ0n) is 15.3. The van der Waals surface area contributed by atoms with Gasteiger partial charge < -0.3 is 4.74 Å². The average molecular weight is 350 g/mol. The normalized spacial score (nSPS) is 17.4. The maximum atomic E-state index is 13.4. The smallest absolute Gasteiger partial charge is 0.194 e. The summed E-state index contributed by atoms with van der Waals surface area (Å²) in [6.45, 7) is 1.58. The molecule has 0 spiro atoms. The second-order valence-electron chi connectivity index (χ2n) is 7.17. The molecule has 1 saturated carbocycles. The van der Waals surface area contributed by atoms with Crippen LogP contribution >= 0.6 is 0 Å². The van der Waals surface area contributed by atoms with Gasteiger partial charge in [-0.15, -0.1) is 0 Å². The first-order chi connectivity index (χ1) is 12.6. The Morgan fingerprint density at radius 1 is 0.923 bits per heavy atom. The Morgan fingerprint density at radius 2 is 1.50 bits per heavy atom. The number of rotatable bonds is 7. The predicted molar refractivity (Wildman–Crippen MR) is 102 cm³/mol. The highest BCUT2D eigenvalue weighted by atomic mass is 16.5. The van der Waals surface area contributed by atoms with E-state index in [2.05, 4.69) is 0 Å². The summed E-state index contributed by atoms with van der Waals surface area (Å²) in [6, 6.07) is 19.1. The Morgan fingerprint density at radius 3 is 2.08 bits per heavy atom. The Bertz CT molecular complexity index is 731. The van der Waals surface area contributed by atoms with Crippen LogP contribution < -0.4 is 0 Å². The van der Waals surface area contributed by atoms with Crippen LogP contribution in [-0.2, 0) is 9.53 Å². The van der Waals surface area contributed by atoms with Crippen molar-refractivity contribution in [3.63, 3.8) is 0 Å². The maximum Gasteiger partial charge on any atom is 0.194 e. The van der Waals surface area contributed by atoms with Crippen molar-refractivity contribution in [1.29, 1.82) is 0 Å². The molecule has 3 rings (SSSR count). The minimum Gasteiger partial charge on any atom is -0.358 e. The number of hydrogen-bond donors (Lipinski definition) is 0. The Hall–Kier alpha value is -2.26. The lowest BCUT2D eigenvalue weighted by molar-refractivity contribution is -0.127. The summed E-state index contributed by atoms with van der Waals surface area (Å²) in [6.07, 6.45) is 4.38. The van der Waals surface area contributed by atoms with E-state index in [1.165, 1.54) is 0 Å². The van der Waals surface area contributed by atoms with E-state index in [0.717, 1.165) is 24.8 Å². The Balaban J connectivity index is 1.93. The number of carbonyl (C=O) groups is 2. The van der Waals surface area contributed by atoms with E-state index in [1.807, 2.05) is 60.7 Å². The molecule has 1 aliphatic rings. The van der Waals surface area contributed by atoms with E-state index in [-0.39, 0.29) is 24.1 Å². The van der Waals surface area contributed by atoms with Crippen LogP contribution in [0.15, 0.2) is 60.7 Å². The third kappa shape index (κ3) is 4.28. The monoisotopic (exact) mass is 350 g/mol. The van der Waals surface area contributed by atoms with Gasteiger partial charge in [0.25, 0.3) is 0 Å². The van der Waals surface area contributed by atoms with Crippen molar-refractivity contribution in [3.8, 4) is 0 Å². The molecule has 0 N–H and O–H groups in total. The number of Topliss-reactive ketones (excluding diaryl/α,β-unsaturated/α-hetero) is 2. The van der Waals surface area contributed by atoms with Crippen molar-refractivity contribution in [2.75, 3.05) is 0 Å². The average Bonchev–Trinajstić information content (AvgIpc) is 2.68. The van der Waals surface area contributed by atoms with E-state index < -0.39 is 5.60 Å². The van der Waals surface area contributed by atoms with Crippen LogP contribution in [0, 0.1) is 0 Å². The molecule has 1 atom stereocenters. The van der Waals surface area contributed by atoms with Crippen molar-refractivity contribution >= 4 is 11.6 Å². The Kier molecular flexibility index (Phi) is 6.00. The van der Waals surface area contributed by atoms with Gasteiger partial charge in [-0.25, -0.2) is 0 Å². The summed E-state index contributed by atoms with van der Waals surface area (Å²) in [5.74, 6) is 0.110. The molecule has 3 heteroatoms. The number of ketones is 2. The second kappa shape index (κ2) is 8.41. The molecule has 26 heavy (non-hydrogen) atoms. The van der Waals surface area contributed by atoms with Crippen LogP contribution in [0.25, 0.3) is 0 Å². The van der Waals surface area contributed by atoms with Crippen LogP contribution in [0.2, 0.25) is 0 Å². The molecule has 0 aromatic heterocycles. The molecule has 2 aromatic rings. The van der Waals surface area contributed by atoms with Crippen LogP contribution in [0.3, 0.4) is 0 Å². The largest absolute Gasteiger partial charge is 0.358 e. The Labute approximate surface area is 155 Å². The number of benzene rings is 2. The topological polar surface area (TPSA) is 43.4 Å². The van der Waals surface area contributed by atoms with Crippen LogP contribution in [0.4, 0.5) is 0 Å². The van der Waals surface area contributed by atoms with Crippen molar-refractivity contribution in [2.24, 2.45) is 0 Å². The first-order valence-electron chi connectivity index (χ1n) is 9.43. The van der Waals surface area contributed by atoms with Gasteiger partial charge in [-0.1, -0.05) is 79.9 Å². The zero-order chi connectivity index (χ0) is 18.4. The van der Waals surface area contributed by atoms with Gasteiger partial charge in [-0.3, -0.25) is 9.59 Å². The molecule has 1 fully saturated rings. The van der Waals surface area contributed by atoms with Gasteiger partial charge in [0, 0.05) is 12.0 Å². The van der Waals surface area contributed by atoms with Gasteiger partial charge in [-0.2, -0.15) is 0 Å². The molecule has 0 radical (unpaired) electrons. The van der Waals surface area contributed by atoms with Gasteiger partial charge in [0.1, 0.15) is 11.4 Å². The number of ether oxygens (including phenoxy) is 1. The lowest BCUT2D eigenvalue weighted by Gasteiger charge is -2.39. The lowest BCUT2D eigenvalue weighted by atomic mass is 9.79. The highest BCUT2D eigenvalue weighted by Gasteiger charge is 2.43. The summed E-state index contributed by atoms with van der Waals surface area (Å²) >= 11 is 0. The van der Waals surface area contributed by atoms with Gasteiger partial charge >= 0.3 is 0 Å². The molecule has 2 aromatic carbocycles. The second-order valence-corrected chi connectivity index (χ2v) is 7.17. The predicted octanol–water partition coefficient (Wildman–Crippen LogP) is 5.31. The van der Waals surface area contributed by atoms with Crippen LogP contribution in [0.1, 0.15) is 67.5 Å². The molecule has 0 bridgehead atoms. The summed E-state index contributed by atoms with van der Waals surface area (Å²) < 4.78 is 6.52. The summed E-state index contributed by atoms with van der Waals surface area (Å²) in [5, 5.41) is 0. The van der Waals surface area contributed by atoms with Crippen molar-refractivity contribution < 1.29 is 14.3 Å². The highest BCUT2D eigenvalue weighted by Crippen LogP contribution is 2.39. The minimum atomic E-state index is -0.838. The van der Waals surface area contributed by atoms with Gasteiger partial charge in [0.2, 0.25) is 0 Å². The standard InChI is InChI=1S/C23H26O3/c1-18(24)17-21(19-11-5-2-6-12-19)26-23(15-9-4-10-16-23)22(25)20-13-7-3-8-14-20/h2-3,5-8,11-14,21H,4,9-10,15-17H2,1H3. The van der Waals surface area contributed by atoms with Crippen molar-refractivity contribution in [1.82, 2.24) is 0 Å². The highest BCUT2D eigenvalue weighted by molar-refractivity contribution is 6.02. The van der Waals surface area contributed by atoms with Gasteiger partial charge in [0.15, 0.2) is 5.78 Å². The van der Waals surface area contributed by atoms with Crippen LogP contribution in [0.5, 0.6) is 0 Å². The van der Waals surface area contributed by atoms with E-state index in [0.29, 0.717) is 18.4 Å². The minimum absolute atomic E-state index is 0.0438. The van der Waals surface area contributed by atoms with E-state index in [4.69, 9.17) is 4.74 Å². The molecule has 1 unspecified atom stereocenters. The maximum absolute atomic E-state index is 13.4. The van der Waals surface area contributed by atoms with E-state index >= 15 is 0 Å². The molecule has 0 saturated heterocycles. The summed E-state index contributed by atoms with van der Waals surface area (Å²) in [4.78, 5) is 25.2. The summed E-state index contributed by atoms with van der Waals surface area (Å²) in [7, 11) is 0. The third-order valence-corrected chi connectivity index (χ3v) is 5.12.